The standard InChI is InChI=1S/C10H17Br2NO3/c1-10(2)13(9(14)8(12)4-11)5-7(16-10)6-15-3/h7-8H,4-6H2,1-3H3. The van der Waals surface area contributed by atoms with Crippen molar-refractivity contribution in [1.29, 1.82) is 0 Å². The largest absolute Gasteiger partial charge is 0.382 e. The second kappa shape index (κ2) is 5.80. The van der Waals surface area contributed by atoms with Crippen LogP contribution in [-0.2, 0) is 14.3 Å². The monoisotopic (exact) mass is 357 g/mol. The molecule has 1 saturated heterocycles. The number of carbonyl (C=O) groups is 1. The van der Waals surface area contributed by atoms with E-state index in [1.54, 1.807) is 12.0 Å². The Hall–Kier alpha value is 0.350. The molecule has 2 atom stereocenters. The molecular formula is C10H17Br2NO3. The van der Waals surface area contributed by atoms with E-state index >= 15 is 0 Å². The van der Waals surface area contributed by atoms with Gasteiger partial charge in [-0.2, -0.15) is 0 Å². The van der Waals surface area contributed by atoms with E-state index in [0.29, 0.717) is 18.5 Å². The zero-order chi connectivity index (χ0) is 12.3. The van der Waals surface area contributed by atoms with Gasteiger partial charge in [-0.05, 0) is 13.8 Å². The Kier molecular flexibility index (Phi) is 5.22. The van der Waals surface area contributed by atoms with Crippen LogP contribution in [0.2, 0.25) is 0 Å². The highest BCUT2D eigenvalue weighted by molar-refractivity contribution is 9.12. The van der Waals surface area contributed by atoms with E-state index in [0.717, 1.165) is 0 Å². The molecule has 94 valence electrons. The van der Waals surface area contributed by atoms with Crippen LogP contribution >= 0.6 is 31.9 Å². The van der Waals surface area contributed by atoms with E-state index in [1.165, 1.54) is 0 Å². The highest BCUT2D eigenvalue weighted by Gasteiger charge is 2.43. The molecule has 16 heavy (non-hydrogen) atoms. The smallest absolute Gasteiger partial charge is 0.239 e. The van der Waals surface area contributed by atoms with Gasteiger partial charge in [0.15, 0.2) is 0 Å². The van der Waals surface area contributed by atoms with E-state index in [1.807, 2.05) is 13.8 Å². The number of hydrogen-bond acceptors (Lipinski definition) is 3. The summed E-state index contributed by atoms with van der Waals surface area (Å²) in [6, 6.07) is 0. The molecule has 1 rings (SSSR count). The molecule has 0 saturated carbocycles. The maximum absolute atomic E-state index is 12.1. The average molecular weight is 359 g/mol. The Bertz CT molecular complexity index is 260. The first-order valence-electron chi connectivity index (χ1n) is 5.10. The number of hydrogen-bond donors (Lipinski definition) is 0. The molecular weight excluding hydrogens is 342 g/mol. The highest BCUT2D eigenvalue weighted by Crippen LogP contribution is 2.28. The van der Waals surface area contributed by atoms with Gasteiger partial charge in [0.1, 0.15) is 16.7 Å². The first-order chi connectivity index (χ1) is 7.42. The van der Waals surface area contributed by atoms with E-state index in [-0.39, 0.29) is 16.8 Å². The van der Waals surface area contributed by atoms with Crippen molar-refractivity contribution in [2.24, 2.45) is 0 Å². The maximum atomic E-state index is 12.1. The molecule has 0 radical (unpaired) electrons. The van der Waals surface area contributed by atoms with E-state index in [4.69, 9.17) is 9.47 Å². The Morgan fingerprint density at radius 2 is 2.31 bits per heavy atom. The summed E-state index contributed by atoms with van der Waals surface area (Å²) < 4.78 is 10.8. The molecule has 0 aromatic heterocycles. The normalized spacial score (nSPS) is 25.8. The second-order valence-corrected chi connectivity index (χ2v) is 5.97. The summed E-state index contributed by atoms with van der Waals surface area (Å²) in [5.74, 6) is 0.0421. The van der Waals surface area contributed by atoms with Gasteiger partial charge in [-0.15, -0.1) is 0 Å². The number of ether oxygens (including phenoxy) is 2. The Morgan fingerprint density at radius 1 is 1.69 bits per heavy atom. The van der Waals surface area contributed by atoms with Gasteiger partial charge in [-0.1, -0.05) is 31.9 Å². The van der Waals surface area contributed by atoms with Crippen LogP contribution in [0.4, 0.5) is 0 Å². The fourth-order valence-corrected chi connectivity index (χ4v) is 2.32. The van der Waals surface area contributed by atoms with Crippen molar-refractivity contribution < 1.29 is 14.3 Å². The molecule has 0 aromatic rings. The van der Waals surface area contributed by atoms with Crippen molar-refractivity contribution in [2.45, 2.75) is 30.5 Å². The molecule has 2 unspecified atom stereocenters. The lowest BCUT2D eigenvalue weighted by Crippen LogP contribution is -2.47. The summed E-state index contributed by atoms with van der Waals surface area (Å²) in [5.41, 5.74) is -0.561. The first-order valence-corrected chi connectivity index (χ1v) is 7.14. The van der Waals surface area contributed by atoms with Crippen LogP contribution < -0.4 is 0 Å². The minimum absolute atomic E-state index is 0.0421. The van der Waals surface area contributed by atoms with Crippen LogP contribution in [0.3, 0.4) is 0 Å². The Labute approximate surface area is 113 Å². The zero-order valence-electron chi connectivity index (χ0n) is 9.70. The minimum Gasteiger partial charge on any atom is -0.382 e. The molecule has 1 fully saturated rings. The summed E-state index contributed by atoms with van der Waals surface area (Å²) in [6.45, 7) is 4.88. The SMILES string of the molecule is COCC1CN(C(=O)C(Br)CBr)C(C)(C)O1. The topological polar surface area (TPSA) is 38.8 Å². The third kappa shape index (κ3) is 3.18. The van der Waals surface area contributed by atoms with E-state index < -0.39 is 5.72 Å². The van der Waals surface area contributed by atoms with Crippen molar-refractivity contribution in [3.8, 4) is 0 Å². The molecule has 0 aromatic carbocycles. The molecule has 0 bridgehead atoms. The number of methoxy groups -OCH3 is 1. The van der Waals surface area contributed by atoms with Crippen LogP contribution in [0.25, 0.3) is 0 Å². The fraction of sp³-hybridized carbons (Fsp3) is 0.900. The van der Waals surface area contributed by atoms with Gasteiger partial charge < -0.3 is 14.4 Å². The summed E-state index contributed by atoms with van der Waals surface area (Å²) >= 11 is 6.62. The zero-order valence-corrected chi connectivity index (χ0v) is 12.9. The number of alkyl halides is 2. The highest BCUT2D eigenvalue weighted by atomic mass is 79.9. The quantitative estimate of drug-likeness (QED) is 0.719. The number of amides is 1. The van der Waals surface area contributed by atoms with Gasteiger partial charge in [0.2, 0.25) is 5.91 Å². The third-order valence-corrected chi connectivity index (χ3v) is 4.75. The number of rotatable bonds is 4. The summed E-state index contributed by atoms with van der Waals surface area (Å²) in [5, 5.41) is 0.591. The van der Waals surface area contributed by atoms with Crippen molar-refractivity contribution in [3.63, 3.8) is 0 Å². The van der Waals surface area contributed by atoms with Crippen LogP contribution in [0.15, 0.2) is 0 Å². The lowest BCUT2D eigenvalue weighted by molar-refractivity contribution is -0.145. The third-order valence-electron chi connectivity index (χ3n) is 2.51. The van der Waals surface area contributed by atoms with Crippen LogP contribution in [0.5, 0.6) is 0 Å². The van der Waals surface area contributed by atoms with E-state index in [2.05, 4.69) is 31.9 Å². The number of carbonyl (C=O) groups excluding carboxylic acids is 1. The van der Waals surface area contributed by atoms with Crippen molar-refractivity contribution in [2.75, 3.05) is 25.6 Å². The second-order valence-electron chi connectivity index (χ2n) is 4.21. The van der Waals surface area contributed by atoms with Gasteiger partial charge in [0, 0.05) is 12.4 Å². The summed E-state index contributed by atoms with van der Waals surface area (Å²) in [6.07, 6.45) is -0.0426. The summed E-state index contributed by atoms with van der Waals surface area (Å²) in [7, 11) is 1.63. The van der Waals surface area contributed by atoms with Gasteiger partial charge in [-0.3, -0.25) is 4.79 Å². The van der Waals surface area contributed by atoms with Crippen LogP contribution in [-0.4, -0.2) is 53.1 Å². The van der Waals surface area contributed by atoms with Crippen molar-refractivity contribution >= 4 is 37.8 Å². The van der Waals surface area contributed by atoms with Gasteiger partial charge >= 0.3 is 0 Å². The number of halogens is 2. The number of nitrogens with zero attached hydrogens (tertiary/aromatic N) is 1. The molecule has 4 nitrogen and oxygen atoms in total. The first kappa shape index (κ1) is 14.4. The van der Waals surface area contributed by atoms with Crippen LogP contribution in [0.1, 0.15) is 13.8 Å². The van der Waals surface area contributed by atoms with Gasteiger partial charge in [0.25, 0.3) is 0 Å². The summed E-state index contributed by atoms with van der Waals surface area (Å²) in [4.78, 5) is 13.6. The predicted octanol–water partition coefficient (Wildman–Crippen LogP) is 1.75. The molecule has 0 spiro atoms. The maximum Gasteiger partial charge on any atom is 0.239 e. The molecule has 1 amide bonds. The van der Waals surface area contributed by atoms with Gasteiger partial charge in [0.05, 0.1) is 13.2 Å². The predicted molar refractivity (Wildman–Crippen MR) is 69.1 cm³/mol. The Morgan fingerprint density at radius 3 is 2.81 bits per heavy atom. The average Bonchev–Trinajstić information content (AvgIpc) is 2.51. The lowest BCUT2D eigenvalue weighted by Gasteiger charge is -2.31. The minimum atomic E-state index is -0.561. The van der Waals surface area contributed by atoms with Crippen LogP contribution in [0, 0.1) is 0 Å². The lowest BCUT2D eigenvalue weighted by atomic mass is 10.2. The van der Waals surface area contributed by atoms with Gasteiger partial charge in [-0.25, -0.2) is 0 Å². The molecule has 0 N–H and O–H groups in total. The van der Waals surface area contributed by atoms with E-state index in [9.17, 15) is 4.79 Å². The fourth-order valence-electron chi connectivity index (χ4n) is 1.80. The molecule has 0 aliphatic carbocycles. The molecule has 6 heteroatoms. The Balaban J connectivity index is 2.69. The molecule has 1 aliphatic rings. The van der Waals surface area contributed by atoms with Crippen molar-refractivity contribution in [1.82, 2.24) is 4.90 Å². The molecule has 1 aliphatic heterocycles. The van der Waals surface area contributed by atoms with Crippen molar-refractivity contribution in [3.05, 3.63) is 0 Å². The molecule has 1 heterocycles.